The van der Waals surface area contributed by atoms with Gasteiger partial charge >= 0.3 is 0 Å². The summed E-state index contributed by atoms with van der Waals surface area (Å²) in [5.41, 5.74) is 1.10. The molecule has 1 aromatic carbocycles. The number of hydrogen-bond acceptors (Lipinski definition) is 6. The van der Waals surface area contributed by atoms with Gasteiger partial charge in [-0.1, -0.05) is 19.9 Å². The molecule has 186 valence electrons. The summed E-state index contributed by atoms with van der Waals surface area (Å²) in [7, 11) is 0. The van der Waals surface area contributed by atoms with E-state index >= 15 is 0 Å². The Morgan fingerprint density at radius 2 is 2.09 bits per heavy atom. The molecule has 1 aliphatic heterocycles. The zero-order valence-electron chi connectivity index (χ0n) is 20.0. The second kappa shape index (κ2) is 13.0. The third kappa shape index (κ3) is 7.63. The van der Waals surface area contributed by atoms with E-state index in [0.29, 0.717) is 37.9 Å². The molecule has 0 fully saturated rings. The van der Waals surface area contributed by atoms with E-state index in [9.17, 15) is 14.3 Å². The largest absolute Gasteiger partial charge is 0.491 e. The first-order valence-electron chi connectivity index (χ1n) is 11.7. The maximum atomic E-state index is 13.4. The van der Waals surface area contributed by atoms with E-state index in [1.807, 2.05) is 15.2 Å². The highest BCUT2D eigenvalue weighted by Crippen LogP contribution is 2.34. The van der Waals surface area contributed by atoms with Gasteiger partial charge in [0.2, 0.25) is 5.91 Å². The number of carbonyl (C=O) groups excluding carboxylic acids is 1. The summed E-state index contributed by atoms with van der Waals surface area (Å²) in [5, 5.41) is 12.4. The van der Waals surface area contributed by atoms with Crippen LogP contribution >= 0.6 is 11.3 Å². The quantitative estimate of drug-likeness (QED) is 0.432. The molecular weight excluding hydrogens is 455 g/mol. The molecular formula is C26H35FN2O4S. The topological polar surface area (TPSA) is 62.2 Å². The molecule has 2 heterocycles. The van der Waals surface area contributed by atoms with Crippen LogP contribution in [0.4, 0.5) is 4.39 Å². The lowest BCUT2D eigenvalue weighted by atomic mass is 10.0. The number of aliphatic hydroxyl groups excluding tert-OH is 1. The fourth-order valence-corrected chi connectivity index (χ4v) is 4.97. The van der Waals surface area contributed by atoms with Gasteiger partial charge in [-0.3, -0.25) is 9.69 Å². The van der Waals surface area contributed by atoms with Crippen molar-refractivity contribution in [1.29, 1.82) is 0 Å². The number of aliphatic hydroxyl groups is 1. The van der Waals surface area contributed by atoms with Gasteiger partial charge in [-0.2, -0.15) is 0 Å². The number of hydrogen-bond donors (Lipinski definition) is 1. The Balaban J connectivity index is 1.64. The van der Waals surface area contributed by atoms with Crippen LogP contribution in [0.5, 0.6) is 5.75 Å². The van der Waals surface area contributed by atoms with Crippen LogP contribution in [0.2, 0.25) is 0 Å². The predicted molar refractivity (Wildman–Crippen MR) is 133 cm³/mol. The molecule has 0 saturated heterocycles. The molecule has 3 rings (SSSR count). The molecule has 0 aliphatic carbocycles. The fraction of sp³-hybridized carbons (Fsp3) is 0.500. The Hall–Kier alpha value is -2.26. The van der Waals surface area contributed by atoms with Crippen LogP contribution < -0.4 is 4.74 Å². The smallest absolute Gasteiger partial charge is 0.237 e. The molecule has 2 atom stereocenters. The molecule has 2 aromatic rings. The Labute approximate surface area is 205 Å². The molecule has 1 aliphatic rings. The summed E-state index contributed by atoms with van der Waals surface area (Å²) in [6, 6.07) is 7.73. The minimum atomic E-state index is -0.686. The first kappa shape index (κ1) is 26.3. The first-order valence-corrected chi connectivity index (χ1v) is 12.6. The fourth-order valence-electron chi connectivity index (χ4n) is 4.04. The van der Waals surface area contributed by atoms with E-state index < -0.39 is 6.10 Å². The van der Waals surface area contributed by atoms with Crippen LogP contribution in [0.25, 0.3) is 0 Å². The number of benzene rings is 1. The van der Waals surface area contributed by atoms with Crippen LogP contribution in [0.1, 0.15) is 30.3 Å². The maximum Gasteiger partial charge on any atom is 0.237 e. The van der Waals surface area contributed by atoms with E-state index in [-0.39, 0.29) is 37.5 Å². The van der Waals surface area contributed by atoms with Gasteiger partial charge in [0.25, 0.3) is 0 Å². The van der Waals surface area contributed by atoms with Crippen molar-refractivity contribution in [3.63, 3.8) is 0 Å². The number of carbonyl (C=O) groups is 1. The third-order valence-electron chi connectivity index (χ3n) is 5.61. The summed E-state index contributed by atoms with van der Waals surface area (Å²) in [5.74, 6) is 0.616. The van der Waals surface area contributed by atoms with Crippen LogP contribution in [-0.4, -0.2) is 72.9 Å². The van der Waals surface area contributed by atoms with E-state index in [1.54, 1.807) is 29.5 Å². The van der Waals surface area contributed by atoms with Crippen LogP contribution in [0.3, 0.4) is 0 Å². The molecule has 1 amide bonds. The molecule has 8 heteroatoms. The lowest BCUT2D eigenvalue weighted by Crippen LogP contribution is -2.48. The van der Waals surface area contributed by atoms with Crippen LogP contribution in [0, 0.1) is 11.7 Å². The normalized spacial score (nSPS) is 16.5. The van der Waals surface area contributed by atoms with Gasteiger partial charge in [-0.25, -0.2) is 4.39 Å². The highest BCUT2D eigenvalue weighted by molar-refractivity contribution is 7.10. The second-order valence-corrected chi connectivity index (χ2v) is 9.99. The Bertz CT molecular complexity index is 918. The highest BCUT2D eigenvalue weighted by atomic mass is 32.1. The lowest BCUT2D eigenvalue weighted by molar-refractivity contribution is -0.136. The summed E-state index contributed by atoms with van der Waals surface area (Å²) >= 11 is 1.69. The Morgan fingerprint density at radius 3 is 2.79 bits per heavy atom. The van der Waals surface area contributed by atoms with Gasteiger partial charge in [0.1, 0.15) is 18.2 Å². The molecule has 6 nitrogen and oxygen atoms in total. The molecule has 0 spiro atoms. The van der Waals surface area contributed by atoms with Crippen molar-refractivity contribution >= 4 is 17.2 Å². The molecule has 0 unspecified atom stereocenters. The molecule has 1 N–H and O–H groups in total. The van der Waals surface area contributed by atoms with Crippen molar-refractivity contribution in [2.75, 3.05) is 46.0 Å². The number of thiophene rings is 1. The molecule has 34 heavy (non-hydrogen) atoms. The summed E-state index contributed by atoms with van der Waals surface area (Å²) < 4.78 is 24.7. The molecule has 0 bridgehead atoms. The van der Waals surface area contributed by atoms with Crippen molar-refractivity contribution in [3.05, 3.63) is 64.6 Å². The van der Waals surface area contributed by atoms with Gasteiger partial charge in [0.15, 0.2) is 0 Å². The van der Waals surface area contributed by atoms with Crippen LogP contribution in [-0.2, 0) is 16.0 Å². The number of amides is 1. The Kier molecular flexibility index (Phi) is 10.1. The number of fused-ring (bicyclic) bond motifs is 1. The lowest BCUT2D eigenvalue weighted by Gasteiger charge is -2.37. The molecule has 0 saturated carbocycles. The SMILES string of the molecule is C=CCN(CC(=O)N1CCc2sccc2[C@@H]1COc1ccc(F)cc1)C[C@H](O)COCC(C)C. The number of rotatable bonds is 13. The summed E-state index contributed by atoms with van der Waals surface area (Å²) in [4.78, 5) is 18.4. The van der Waals surface area contributed by atoms with Crippen LogP contribution in [0.15, 0.2) is 48.4 Å². The number of halogens is 1. The minimum Gasteiger partial charge on any atom is -0.491 e. The highest BCUT2D eigenvalue weighted by Gasteiger charge is 2.33. The monoisotopic (exact) mass is 490 g/mol. The predicted octanol–water partition coefficient (Wildman–Crippen LogP) is 3.91. The Morgan fingerprint density at radius 1 is 1.32 bits per heavy atom. The maximum absolute atomic E-state index is 13.4. The van der Waals surface area contributed by atoms with Gasteiger partial charge in [0, 0.05) is 31.1 Å². The van der Waals surface area contributed by atoms with Crippen molar-refractivity contribution in [3.8, 4) is 5.75 Å². The molecule has 0 radical (unpaired) electrons. The van der Waals surface area contributed by atoms with E-state index in [4.69, 9.17) is 9.47 Å². The van der Waals surface area contributed by atoms with Gasteiger partial charge in [-0.15, -0.1) is 17.9 Å². The summed E-state index contributed by atoms with van der Waals surface area (Å²) in [6.07, 6.45) is 1.85. The average Bonchev–Trinajstić information content (AvgIpc) is 3.27. The van der Waals surface area contributed by atoms with Crippen molar-refractivity contribution in [2.24, 2.45) is 5.92 Å². The van der Waals surface area contributed by atoms with Crippen molar-refractivity contribution < 1.29 is 23.8 Å². The zero-order valence-corrected chi connectivity index (χ0v) is 20.8. The van der Waals surface area contributed by atoms with Gasteiger partial charge < -0.3 is 19.5 Å². The second-order valence-electron chi connectivity index (χ2n) is 8.98. The molecule has 1 aromatic heterocycles. The average molecular weight is 491 g/mol. The minimum absolute atomic E-state index is 0.0262. The first-order chi connectivity index (χ1) is 16.4. The zero-order chi connectivity index (χ0) is 24.5. The van der Waals surface area contributed by atoms with Crippen molar-refractivity contribution in [2.45, 2.75) is 32.4 Å². The van der Waals surface area contributed by atoms with E-state index in [2.05, 4.69) is 26.5 Å². The van der Waals surface area contributed by atoms with Crippen molar-refractivity contribution in [1.82, 2.24) is 9.80 Å². The number of nitrogens with zero attached hydrogens (tertiary/aromatic N) is 2. The summed E-state index contributed by atoms with van der Waals surface area (Å²) in [6.45, 7) is 10.6. The van der Waals surface area contributed by atoms with Gasteiger partial charge in [-0.05, 0) is 53.6 Å². The standard InChI is InChI=1S/C26H35FN2O4S/c1-4-11-28(14-21(30)17-32-16-19(2)3)15-26(31)29-12-9-25-23(10-13-34-25)24(29)18-33-22-7-5-20(27)6-8-22/h4-8,10,13,19,21,24,30H,1,9,11-12,14-18H2,2-3H3/t21-,24-/m0/s1. The van der Waals surface area contributed by atoms with E-state index in [1.165, 1.54) is 17.0 Å². The van der Waals surface area contributed by atoms with E-state index in [0.717, 1.165) is 12.0 Å². The number of ether oxygens (including phenoxy) is 2. The third-order valence-corrected chi connectivity index (χ3v) is 6.61. The van der Waals surface area contributed by atoms with Gasteiger partial charge in [0.05, 0.1) is 25.3 Å².